The molecule has 0 unspecified atom stereocenters. The summed E-state index contributed by atoms with van der Waals surface area (Å²) in [4.78, 5) is 6.43. The Morgan fingerprint density at radius 1 is 1.47 bits per heavy atom. The number of rotatable bonds is 4. The molecule has 2 rings (SSSR count). The number of H-pyrrole nitrogens is 1. The molecule has 6 heteroatoms. The normalized spacial score (nSPS) is 10.5. The lowest BCUT2D eigenvalue weighted by Crippen LogP contribution is -2.25. The average molecular weight is 249 g/mol. The van der Waals surface area contributed by atoms with E-state index in [1.165, 1.54) is 0 Å². The molecule has 0 aliphatic carbocycles. The van der Waals surface area contributed by atoms with Crippen LogP contribution in [0.2, 0.25) is 0 Å². The fraction of sp³-hybridized carbons (Fsp3) is 0.364. The second-order valence-corrected chi connectivity index (χ2v) is 4.11. The quantitative estimate of drug-likeness (QED) is 0.841. The fourth-order valence-corrected chi connectivity index (χ4v) is 1.76. The lowest BCUT2D eigenvalue weighted by molar-refractivity contribution is 0.739. The minimum Gasteiger partial charge on any atom is -0.335 e. The van der Waals surface area contributed by atoms with Gasteiger partial charge in [-0.2, -0.15) is 0 Å². The van der Waals surface area contributed by atoms with Crippen LogP contribution in [0.1, 0.15) is 12.6 Å². The van der Waals surface area contributed by atoms with Crippen LogP contribution in [0, 0.1) is 4.77 Å². The summed E-state index contributed by atoms with van der Waals surface area (Å²) < 4.78 is 2.49. The molecule has 5 nitrogen and oxygen atoms in total. The maximum Gasteiger partial charge on any atom is 0.225 e. The molecule has 0 saturated carbocycles. The molecule has 0 radical (unpaired) electrons. The van der Waals surface area contributed by atoms with E-state index in [1.807, 2.05) is 29.8 Å². The summed E-state index contributed by atoms with van der Waals surface area (Å²) in [7, 11) is 1.91. The predicted octanol–water partition coefficient (Wildman–Crippen LogP) is 1.90. The van der Waals surface area contributed by atoms with Gasteiger partial charge in [-0.05, 0) is 31.3 Å². The highest BCUT2D eigenvalue weighted by molar-refractivity contribution is 7.71. The predicted molar refractivity (Wildman–Crippen MR) is 69.4 cm³/mol. The first kappa shape index (κ1) is 11.8. The second-order valence-electron chi connectivity index (χ2n) is 3.72. The summed E-state index contributed by atoms with van der Waals surface area (Å²) in [6.45, 7) is 3.66. The second kappa shape index (κ2) is 5.09. The molecule has 2 aromatic rings. The SMILES string of the molecule is CCN(Cc1ccccn1)c1n[nH]c(=S)n1C. The number of hydrogen-bond acceptors (Lipinski definition) is 4. The summed E-state index contributed by atoms with van der Waals surface area (Å²) in [6.07, 6.45) is 1.80. The van der Waals surface area contributed by atoms with Crippen LogP contribution in [0.15, 0.2) is 24.4 Å². The first-order valence-corrected chi connectivity index (χ1v) is 5.89. The van der Waals surface area contributed by atoms with Crippen LogP contribution in [0.25, 0.3) is 0 Å². The zero-order valence-electron chi connectivity index (χ0n) is 9.92. The van der Waals surface area contributed by atoms with Crippen molar-refractivity contribution in [1.82, 2.24) is 19.7 Å². The topological polar surface area (TPSA) is 49.7 Å². The van der Waals surface area contributed by atoms with Crippen LogP contribution < -0.4 is 4.90 Å². The van der Waals surface area contributed by atoms with Gasteiger partial charge in [-0.25, -0.2) is 5.10 Å². The molecule has 0 aromatic carbocycles. The van der Waals surface area contributed by atoms with E-state index in [-0.39, 0.29) is 0 Å². The number of nitrogens with one attached hydrogen (secondary N) is 1. The maximum atomic E-state index is 5.11. The first-order chi connectivity index (χ1) is 8.22. The molecule has 0 fully saturated rings. The number of nitrogens with zero attached hydrogens (tertiary/aromatic N) is 4. The van der Waals surface area contributed by atoms with Crippen LogP contribution in [-0.4, -0.2) is 26.3 Å². The Hall–Kier alpha value is -1.69. The zero-order valence-corrected chi connectivity index (χ0v) is 10.7. The summed E-state index contributed by atoms with van der Waals surface area (Å²) in [5, 5.41) is 7.02. The molecular weight excluding hydrogens is 234 g/mol. The van der Waals surface area contributed by atoms with Gasteiger partial charge in [-0.15, -0.1) is 5.10 Å². The van der Waals surface area contributed by atoms with Gasteiger partial charge in [0.25, 0.3) is 0 Å². The van der Waals surface area contributed by atoms with E-state index < -0.39 is 0 Å². The molecule has 0 aliphatic rings. The standard InChI is InChI=1S/C11H15N5S/c1-3-16(8-9-6-4-5-7-12-9)10-13-14-11(17)15(10)2/h4-7H,3,8H2,1-2H3,(H,14,17). The van der Waals surface area contributed by atoms with E-state index in [2.05, 4.69) is 27.0 Å². The van der Waals surface area contributed by atoms with Gasteiger partial charge in [-0.1, -0.05) is 6.07 Å². The van der Waals surface area contributed by atoms with Crippen molar-refractivity contribution in [3.8, 4) is 0 Å². The van der Waals surface area contributed by atoms with Gasteiger partial charge in [-0.3, -0.25) is 9.55 Å². The Bertz CT molecular complexity index is 530. The first-order valence-electron chi connectivity index (χ1n) is 5.48. The van der Waals surface area contributed by atoms with Crippen LogP contribution in [0.4, 0.5) is 5.95 Å². The van der Waals surface area contributed by atoms with Crippen molar-refractivity contribution in [3.05, 3.63) is 34.9 Å². The Labute approximate surface area is 105 Å². The number of aromatic amines is 1. The average Bonchev–Trinajstić information content (AvgIpc) is 2.69. The Morgan fingerprint density at radius 3 is 2.82 bits per heavy atom. The van der Waals surface area contributed by atoms with Crippen LogP contribution in [0.3, 0.4) is 0 Å². The molecular formula is C11H15N5S. The third-order valence-corrected chi connectivity index (χ3v) is 2.96. The highest BCUT2D eigenvalue weighted by Crippen LogP contribution is 2.12. The van der Waals surface area contributed by atoms with E-state index in [0.717, 1.165) is 24.7 Å². The monoisotopic (exact) mass is 249 g/mol. The molecule has 0 aliphatic heterocycles. The molecule has 0 amide bonds. The number of anilines is 1. The highest BCUT2D eigenvalue weighted by Gasteiger charge is 2.11. The zero-order chi connectivity index (χ0) is 12.3. The van der Waals surface area contributed by atoms with E-state index in [0.29, 0.717) is 4.77 Å². The molecule has 0 saturated heterocycles. The van der Waals surface area contributed by atoms with Crippen molar-refractivity contribution >= 4 is 18.2 Å². The van der Waals surface area contributed by atoms with E-state index >= 15 is 0 Å². The van der Waals surface area contributed by atoms with E-state index in [9.17, 15) is 0 Å². The minimum atomic E-state index is 0.625. The lowest BCUT2D eigenvalue weighted by Gasteiger charge is -2.20. The molecule has 0 atom stereocenters. The van der Waals surface area contributed by atoms with Crippen molar-refractivity contribution in [2.75, 3.05) is 11.4 Å². The van der Waals surface area contributed by atoms with Gasteiger partial charge in [0, 0.05) is 19.8 Å². The fourth-order valence-electron chi connectivity index (χ4n) is 1.63. The Balaban J connectivity index is 2.23. The summed E-state index contributed by atoms with van der Waals surface area (Å²) >= 11 is 5.11. The number of pyridine rings is 1. The smallest absolute Gasteiger partial charge is 0.225 e. The molecule has 2 aromatic heterocycles. The minimum absolute atomic E-state index is 0.625. The van der Waals surface area contributed by atoms with Crippen molar-refractivity contribution in [3.63, 3.8) is 0 Å². The van der Waals surface area contributed by atoms with E-state index in [4.69, 9.17) is 12.2 Å². The van der Waals surface area contributed by atoms with Gasteiger partial charge >= 0.3 is 0 Å². The molecule has 1 N–H and O–H groups in total. The van der Waals surface area contributed by atoms with Gasteiger partial charge in [0.05, 0.1) is 12.2 Å². The maximum absolute atomic E-state index is 5.11. The molecule has 2 heterocycles. The largest absolute Gasteiger partial charge is 0.335 e. The van der Waals surface area contributed by atoms with Gasteiger partial charge in [0.15, 0.2) is 4.77 Å². The van der Waals surface area contributed by atoms with Gasteiger partial charge in [0.1, 0.15) is 0 Å². The van der Waals surface area contributed by atoms with Gasteiger partial charge in [0.2, 0.25) is 5.95 Å². The van der Waals surface area contributed by atoms with Gasteiger partial charge < -0.3 is 4.90 Å². The number of aromatic nitrogens is 4. The third-order valence-electron chi connectivity index (χ3n) is 2.60. The van der Waals surface area contributed by atoms with E-state index in [1.54, 1.807) is 6.20 Å². The van der Waals surface area contributed by atoms with Crippen LogP contribution in [0.5, 0.6) is 0 Å². The Morgan fingerprint density at radius 2 is 2.29 bits per heavy atom. The number of hydrogen-bond donors (Lipinski definition) is 1. The van der Waals surface area contributed by atoms with Crippen LogP contribution >= 0.6 is 12.2 Å². The van der Waals surface area contributed by atoms with Crippen molar-refractivity contribution in [1.29, 1.82) is 0 Å². The van der Waals surface area contributed by atoms with Crippen LogP contribution in [-0.2, 0) is 13.6 Å². The lowest BCUT2D eigenvalue weighted by atomic mass is 10.3. The molecule has 0 bridgehead atoms. The van der Waals surface area contributed by atoms with Crippen molar-refractivity contribution in [2.24, 2.45) is 7.05 Å². The van der Waals surface area contributed by atoms with Crippen molar-refractivity contribution in [2.45, 2.75) is 13.5 Å². The molecule has 90 valence electrons. The Kier molecular flexibility index (Phi) is 3.53. The molecule has 0 spiro atoms. The highest BCUT2D eigenvalue weighted by atomic mass is 32.1. The van der Waals surface area contributed by atoms with Crippen molar-refractivity contribution < 1.29 is 0 Å². The summed E-state index contributed by atoms with van der Waals surface area (Å²) in [5.41, 5.74) is 1.02. The summed E-state index contributed by atoms with van der Waals surface area (Å²) in [5.74, 6) is 0.836. The third kappa shape index (κ3) is 2.52. The molecule has 17 heavy (non-hydrogen) atoms. The summed E-state index contributed by atoms with van der Waals surface area (Å²) in [6, 6.07) is 5.90.